The molecule has 60 valence electrons. The van der Waals surface area contributed by atoms with Crippen LogP contribution in [-0.4, -0.2) is 13.4 Å². The first kappa shape index (κ1) is 8.28. The van der Waals surface area contributed by atoms with Crippen molar-refractivity contribution in [2.24, 2.45) is 0 Å². The van der Waals surface area contributed by atoms with E-state index in [0.29, 0.717) is 23.2 Å². The van der Waals surface area contributed by atoms with Gasteiger partial charge in [0.1, 0.15) is 5.75 Å². The van der Waals surface area contributed by atoms with Gasteiger partial charge in [0.15, 0.2) is 6.29 Å². The Bertz CT molecular complexity index is 339. The number of hydrogen-bond donors (Lipinski definition) is 0. The fourth-order valence-electron chi connectivity index (χ4n) is 0.867. The van der Waals surface area contributed by atoms with E-state index in [9.17, 15) is 4.79 Å². The maximum atomic E-state index is 10.4. The number of hydrogen-bond acceptors (Lipinski definition) is 3. The van der Waals surface area contributed by atoms with Gasteiger partial charge in [-0.1, -0.05) is 0 Å². The van der Waals surface area contributed by atoms with Gasteiger partial charge >= 0.3 is 0 Å². The van der Waals surface area contributed by atoms with Crippen molar-refractivity contribution in [1.29, 1.82) is 5.26 Å². The van der Waals surface area contributed by atoms with Gasteiger partial charge in [-0.05, 0) is 18.2 Å². The van der Waals surface area contributed by atoms with E-state index in [0.717, 1.165) is 0 Å². The summed E-state index contributed by atoms with van der Waals surface area (Å²) >= 11 is 0. The molecule has 0 aliphatic heterocycles. The van der Waals surface area contributed by atoms with Crippen molar-refractivity contribution in [3.8, 4) is 11.8 Å². The van der Waals surface area contributed by atoms with Crippen LogP contribution in [0.3, 0.4) is 0 Å². The van der Waals surface area contributed by atoms with Crippen molar-refractivity contribution in [2.45, 2.75) is 0 Å². The molecule has 0 aliphatic carbocycles. The standard InChI is InChI=1S/C9H7NO2/c1-12-9-3-2-7(5-10)8(4-9)6-11/h2-4,6H,1H3. The first-order valence-corrected chi connectivity index (χ1v) is 3.35. The molecule has 0 amide bonds. The molecule has 1 aromatic rings. The second-order valence-corrected chi connectivity index (χ2v) is 2.18. The molecule has 12 heavy (non-hydrogen) atoms. The summed E-state index contributed by atoms with van der Waals surface area (Å²) in [6, 6.07) is 6.65. The molecule has 0 unspecified atom stereocenters. The largest absolute Gasteiger partial charge is 0.497 e. The number of ether oxygens (including phenoxy) is 1. The summed E-state index contributed by atoms with van der Waals surface area (Å²) < 4.78 is 4.89. The van der Waals surface area contributed by atoms with Crippen LogP contribution < -0.4 is 4.74 Å². The maximum Gasteiger partial charge on any atom is 0.151 e. The molecule has 0 aromatic heterocycles. The number of methoxy groups -OCH3 is 1. The van der Waals surface area contributed by atoms with E-state index in [-0.39, 0.29) is 0 Å². The molecule has 3 nitrogen and oxygen atoms in total. The highest BCUT2D eigenvalue weighted by atomic mass is 16.5. The minimum Gasteiger partial charge on any atom is -0.497 e. The SMILES string of the molecule is COc1ccc(C#N)c(C=O)c1. The molecule has 0 bridgehead atoms. The second kappa shape index (κ2) is 3.54. The smallest absolute Gasteiger partial charge is 0.151 e. The Balaban J connectivity index is 3.21. The van der Waals surface area contributed by atoms with Crippen LogP contribution in [0.1, 0.15) is 15.9 Å². The van der Waals surface area contributed by atoms with Gasteiger partial charge in [-0.15, -0.1) is 0 Å². The fourth-order valence-corrected chi connectivity index (χ4v) is 0.867. The van der Waals surface area contributed by atoms with Crippen molar-refractivity contribution in [2.75, 3.05) is 7.11 Å². The number of nitriles is 1. The molecule has 0 atom stereocenters. The lowest BCUT2D eigenvalue weighted by molar-refractivity contribution is 0.112. The molecule has 0 aliphatic rings. The Morgan fingerprint density at radius 1 is 1.58 bits per heavy atom. The van der Waals surface area contributed by atoms with Crippen molar-refractivity contribution in [3.05, 3.63) is 29.3 Å². The first-order chi connectivity index (χ1) is 5.81. The molecule has 0 spiro atoms. The summed E-state index contributed by atoms with van der Waals surface area (Å²) in [7, 11) is 1.51. The molecule has 0 saturated heterocycles. The van der Waals surface area contributed by atoms with E-state index in [2.05, 4.69) is 0 Å². The molecule has 0 saturated carbocycles. The average molecular weight is 161 g/mol. The lowest BCUT2D eigenvalue weighted by Crippen LogP contribution is -1.89. The number of nitrogens with zero attached hydrogens (tertiary/aromatic N) is 1. The number of carbonyl (C=O) groups is 1. The summed E-state index contributed by atoms with van der Waals surface area (Å²) in [5.41, 5.74) is 0.725. The Kier molecular flexibility index (Phi) is 2.44. The highest BCUT2D eigenvalue weighted by molar-refractivity contribution is 5.79. The summed E-state index contributed by atoms with van der Waals surface area (Å²) in [4.78, 5) is 10.4. The summed E-state index contributed by atoms with van der Waals surface area (Å²) in [6.07, 6.45) is 0.640. The Hall–Kier alpha value is -1.82. The molecule has 1 rings (SSSR count). The van der Waals surface area contributed by atoms with E-state index in [1.165, 1.54) is 13.2 Å². The van der Waals surface area contributed by atoms with Crippen molar-refractivity contribution >= 4 is 6.29 Å². The van der Waals surface area contributed by atoms with Crippen LogP contribution >= 0.6 is 0 Å². The third-order valence-corrected chi connectivity index (χ3v) is 1.51. The zero-order valence-electron chi connectivity index (χ0n) is 6.57. The van der Waals surface area contributed by atoms with Gasteiger partial charge in [0.25, 0.3) is 0 Å². The minimum absolute atomic E-state index is 0.358. The van der Waals surface area contributed by atoms with Crippen LogP contribution in [0.5, 0.6) is 5.75 Å². The molecule has 0 heterocycles. The normalized spacial score (nSPS) is 8.67. The number of aldehydes is 1. The molecule has 0 N–H and O–H groups in total. The molecule has 0 radical (unpaired) electrons. The summed E-state index contributed by atoms with van der Waals surface area (Å²) in [5, 5.41) is 8.56. The molecular formula is C9H7NO2. The van der Waals surface area contributed by atoms with E-state index in [1.54, 1.807) is 12.1 Å². The number of rotatable bonds is 2. The van der Waals surface area contributed by atoms with Gasteiger partial charge in [0.05, 0.1) is 18.7 Å². The third-order valence-electron chi connectivity index (χ3n) is 1.51. The van der Waals surface area contributed by atoms with Gasteiger partial charge in [-0.2, -0.15) is 5.26 Å². The third kappa shape index (κ3) is 1.43. The first-order valence-electron chi connectivity index (χ1n) is 3.35. The lowest BCUT2D eigenvalue weighted by atomic mass is 10.1. The summed E-state index contributed by atoms with van der Waals surface area (Å²) in [6.45, 7) is 0. The van der Waals surface area contributed by atoms with E-state index >= 15 is 0 Å². The average Bonchev–Trinajstić information content (AvgIpc) is 2.16. The lowest BCUT2D eigenvalue weighted by Gasteiger charge is -2.00. The van der Waals surface area contributed by atoms with Crippen LogP contribution in [-0.2, 0) is 0 Å². The van der Waals surface area contributed by atoms with Crippen LogP contribution in [0.25, 0.3) is 0 Å². The zero-order valence-corrected chi connectivity index (χ0v) is 6.57. The van der Waals surface area contributed by atoms with Crippen LogP contribution in [0.2, 0.25) is 0 Å². The fraction of sp³-hybridized carbons (Fsp3) is 0.111. The van der Waals surface area contributed by atoms with Gasteiger partial charge in [0.2, 0.25) is 0 Å². The Morgan fingerprint density at radius 3 is 2.83 bits per heavy atom. The zero-order chi connectivity index (χ0) is 8.97. The topological polar surface area (TPSA) is 50.1 Å². The second-order valence-electron chi connectivity index (χ2n) is 2.18. The van der Waals surface area contributed by atoms with Gasteiger partial charge in [-0.3, -0.25) is 4.79 Å². The molecule has 0 fully saturated rings. The summed E-state index contributed by atoms with van der Waals surface area (Å²) in [5.74, 6) is 0.580. The molecule has 1 aromatic carbocycles. The minimum atomic E-state index is 0.358. The van der Waals surface area contributed by atoms with E-state index < -0.39 is 0 Å². The predicted octanol–water partition coefficient (Wildman–Crippen LogP) is 1.38. The highest BCUT2D eigenvalue weighted by Gasteiger charge is 2.01. The highest BCUT2D eigenvalue weighted by Crippen LogP contribution is 2.14. The van der Waals surface area contributed by atoms with Crippen molar-refractivity contribution < 1.29 is 9.53 Å². The number of benzene rings is 1. The molecule has 3 heteroatoms. The quantitative estimate of drug-likeness (QED) is 0.615. The van der Waals surface area contributed by atoms with Crippen molar-refractivity contribution in [1.82, 2.24) is 0 Å². The van der Waals surface area contributed by atoms with E-state index in [4.69, 9.17) is 10.00 Å². The van der Waals surface area contributed by atoms with Crippen LogP contribution in [0, 0.1) is 11.3 Å². The van der Waals surface area contributed by atoms with Crippen LogP contribution in [0.4, 0.5) is 0 Å². The maximum absolute atomic E-state index is 10.4. The van der Waals surface area contributed by atoms with Crippen molar-refractivity contribution in [3.63, 3.8) is 0 Å². The predicted molar refractivity (Wildman–Crippen MR) is 43.1 cm³/mol. The van der Waals surface area contributed by atoms with Gasteiger partial charge < -0.3 is 4.74 Å². The number of carbonyl (C=O) groups excluding carboxylic acids is 1. The van der Waals surface area contributed by atoms with E-state index in [1.807, 2.05) is 6.07 Å². The van der Waals surface area contributed by atoms with Gasteiger partial charge in [0, 0.05) is 5.56 Å². The van der Waals surface area contributed by atoms with Crippen LogP contribution in [0.15, 0.2) is 18.2 Å². The monoisotopic (exact) mass is 161 g/mol. The van der Waals surface area contributed by atoms with Gasteiger partial charge in [-0.25, -0.2) is 0 Å². The molecular weight excluding hydrogens is 154 g/mol. The Labute approximate surface area is 70.2 Å². The Morgan fingerprint density at radius 2 is 2.33 bits per heavy atom.